The van der Waals surface area contributed by atoms with Crippen LogP contribution in [0.5, 0.6) is 5.75 Å². The molecule has 0 amide bonds. The van der Waals surface area contributed by atoms with Crippen LogP contribution in [-0.2, 0) is 22.6 Å². The molecule has 0 bridgehead atoms. The molecule has 0 spiro atoms. The first-order valence-electron chi connectivity index (χ1n) is 9.99. The van der Waals surface area contributed by atoms with E-state index < -0.39 is 5.97 Å². The Bertz CT molecular complexity index is 1000. The first kappa shape index (κ1) is 21.9. The Kier molecular flexibility index (Phi) is 8.08. The largest absolute Gasteiger partial charge is 0.481 e. The summed E-state index contributed by atoms with van der Waals surface area (Å²) in [6.45, 7) is 0.636. The highest BCUT2D eigenvalue weighted by Crippen LogP contribution is 2.18. The van der Waals surface area contributed by atoms with Crippen LogP contribution in [0.4, 0.5) is 5.69 Å². The smallest absolute Gasteiger partial charge is 0.303 e. The predicted octanol–water partition coefficient (Wildman–Crippen LogP) is 4.84. The lowest BCUT2D eigenvalue weighted by Crippen LogP contribution is -2.11. The molecule has 0 aliphatic carbocycles. The molecule has 0 heterocycles. The first-order chi connectivity index (χ1) is 15.1. The maximum Gasteiger partial charge on any atom is 0.303 e. The third-order valence-corrected chi connectivity index (χ3v) is 4.59. The van der Waals surface area contributed by atoms with Crippen LogP contribution < -0.4 is 15.5 Å². The van der Waals surface area contributed by atoms with Gasteiger partial charge in [0.2, 0.25) is 0 Å². The zero-order valence-electron chi connectivity index (χ0n) is 17.4. The van der Waals surface area contributed by atoms with E-state index in [0.29, 0.717) is 13.0 Å². The van der Waals surface area contributed by atoms with Gasteiger partial charge in [0.05, 0.1) is 7.11 Å². The SMILES string of the molecule is CONC(=COc1cccc(CNc2ccc(CCC(=O)O)cc2)c1)c1ccccc1. The molecule has 6 heteroatoms. The minimum Gasteiger partial charge on any atom is -0.481 e. The molecule has 3 N–H and O–H groups in total. The fourth-order valence-electron chi connectivity index (χ4n) is 2.98. The molecule has 0 saturated carbocycles. The molecule has 160 valence electrons. The zero-order valence-corrected chi connectivity index (χ0v) is 17.4. The number of carboxylic acid groups (broad SMARTS) is 1. The fourth-order valence-corrected chi connectivity index (χ4v) is 2.98. The summed E-state index contributed by atoms with van der Waals surface area (Å²) in [5.74, 6) is -0.0670. The van der Waals surface area contributed by atoms with Crippen molar-refractivity contribution >= 4 is 17.4 Å². The number of rotatable bonds is 11. The summed E-state index contributed by atoms with van der Waals surface area (Å²) in [5.41, 5.74) is 7.56. The van der Waals surface area contributed by atoms with Crippen molar-refractivity contribution < 1.29 is 19.5 Å². The maximum atomic E-state index is 10.7. The van der Waals surface area contributed by atoms with Crippen LogP contribution in [0.1, 0.15) is 23.1 Å². The number of aryl methyl sites for hydroxylation is 1. The standard InChI is InChI=1S/C25H26N2O4/c1-30-27-24(21-7-3-2-4-8-21)18-31-23-9-5-6-20(16-23)17-26-22-13-10-19(11-14-22)12-15-25(28)29/h2-11,13-14,16,18,26-27H,12,15,17H2,1H3,(H,28,29). The van der Waals surface area contributed by atoms with Gasteiger partial charge in [-0.2, -0.15) is 0 Å². The topological polar surface area (TPSA) is 79.8 Å². The lowest BCUT2D eigenvalue weighted by atomic mass is 10.1. The molecule has 0 aromatic heterocycles. The highest BCUT2D eigenvalue weighted by molar-refractivity contribution is 5.67. The Morgan fingerprint density at radius 1 is 0.968 bits per heavy atom. The van der Waals surface area contributed by atoms with E-state index in [1.807, 2.05) is 78.9 Å². The van der Waals surface area contributed by atoms with Crippen LogP contribution >= 0.6 is 0 Å². The summed E-state index contributed by atoms with van der Waals surface area (Å²) in [6.07, 6.45) is 2.30. The molecule has 0 unspecified atom stereocenters. The number of hydroxylamine groups is 1. The monoisotopic (exact) mass is 418 g/mol. The maximum absolute atomic E-state index is 10.7. The second-order valence-electron chi connectivity index (χ2n) is 6.91. The van der Waals surface area contributed by atoms with Crippen LogP contribution in [0.3, 0.4) is 0 Å². The average Bonchev–Trinajstić information content (AvgIpc) is 2.80. The molecule has 0 aliphatic heterocycles. The Hall–Kier alpha value is -3.77. The second-order valence-corrected chi connectivity index (χ2v) is 6.91. The van der Waals surface area contributed by atoms with Crippen molar-refractivity contribution in [2.24, 2.45) is 0 Å². The van der Waals surface area contributed by atoms with E-state index in [9.17, 15) is 4.79 Å². The molecule has 0 fully saturated rings. The van der Waals surface area contributed by atoms with Gasteiger partial charge >= 0.3 is 5.97 Å². The highest BCUT2D eigenvalue weighted by atomic mass is 16.6. The van der Waals surface area contributed by atoms with Gasteiger partial charge < -0.3 is 15.2 Å². The van der Waals surface area contributed by atoms with Crippen molar-refractivity contribution in [1.82, 2.24) is 5.48 Å². The molecular formula is C25H26N2O4. The number of hydrogen-bond acceptors (Lipinski definition) is 5. The van der Waals surface area contributed by atoms with Gasteiger partial charge in [0, 0.05) is 24.2 Å². The van der Waals surface area contributed by atoms with E-state index in [1.165, 1.54) is 0 Å². The van der Waals surface area contributed by atoms with Crippen molar-refractivity contribution in [1.29, 1.82) is 0 Å². The second kappa shape index (κ2) is 11.4. The van der Waals surface area contributed by atoms with E-state index >= 15 is 0 Å². The molecule has 6 nitrogen and oxygen atoms in total. The summed E-state index contributed by atoms with van der Waals surface area (Å²) >= 11 is 0. The molecule has 0 aliphatic rings. The lowest BCUT2D eigenvalue weighted by Gasteiger charge is -2.11. The normalized spacial score (nSPS) is 11.1. The number of aliphatic carboxylic acids is 1. The number of ether oxygens (including phenoxy) is 1. The number of benzene rings is 3. The third-order valence-electron chi connectivity index (χ3n) is 4.59. The van der Waals surface area contributed by atoms with Gasteiger partial charge in [-0.1, -0.05) is 54.6 Å². The van der Waals surface area contributed by atoms with Crippen molar-refractivity contribution in [3.05, 3.63) is 102 Å². The van der Waals surface area contributed by atoms with Gasteiger partial charge in [0.15, 0.2) is 0 Å². The van der Waals surface area contributed by atoms with Gasteiger partial charge in [-0.3, -0.25) is 15.1 Å². The number of carboxylic acids is 1. The average molecular weight is 418 g/mol. The third kappa shape index (κ3) is 7.21. The Morgan fingerprint density at radius 3 is 2.45 bits per heavy atom. The first-order valence-corrected chi connectivity index (χ1v) is 9.99. The van der Waals surface area contributed by atoms with Crippen LogP contribution in [0.25, 0.3) is 5.70 Å². The minimum absolute atomic E-state index is 0.139. The van der Waals surface area contributed by atoms with Crippen LogP contribution in [0, 0.1) is 0 Å². The molecule has 0 saturated heterocycles. The van der Waals surface area contributed by atoms with Gasteiger partial charge in [-0.05, 0) is 41.8 Å². The fraction of sp³-hybridized carbons (Fsp3) is 0.160. The van der Waals surface area contributed by atoms with Crippen molar-refractivity contribution in [3.63, 3.8) is 0 Å². The molecule has 3 aromatic rings. The quantitative estimate of drug-likeness (QED) is 0.305. The molecule has 31 heavy (non-hydrogen) atoms. The van der Waals surface area contributed by atoms with Crippen LogP contribution in [-0.4, -0.2) is 18.2 Å². The molecule has 3 aromatic carbocycles. The van der Waals surface area contributed by atoms with E-state index in [1.54, 1.807) is 13.4 Å². The van der Waals surface area contributed by atoms with Crippen LogP contribution in [0.2, 0.25) is 0 Å². The highest BCUT2D eigenvalue weighted by Gasteiger charge is 2.03. The summed E-state index contributed by atoms with van der Waals surface area (Å²) in [5, 5.41) is 12.2. The van der Waals surface area contributed by atoms with Crippen molar-refractivity contribution in [2.45, 2.75) is 19.4 Å². The van der Waals surface area contributed by atoms with Crippen LogP contribution in [0.15, 0.2) is 85.1 Å². The Morgan fingerprint density at radius 2 is 1.74 bits per heavy atom. The zero-order chi connectivity index (χ0) is 21.9. The summed E-state index contributed by atoms with van der Waals surface area (Å²) in [6, 6.07) is 25.4. The number of nitrogens with one attached hydrogen (secondary N) is 2. The summed E-state index contributed by atoms with van der Waals surface area (Å²) in [7, 11) is 1.56. The number of carbonyl (C=O) groups is 1. The van der Waals surface area contributed by atoms with E-state index in [2.05, 4.69) is 10.8 Å². The lowest BCUT2D eigenvalue weighted by molar-refractivity contribution is -0.136. The molecule has 0 atom stereocenters. The Labute approximate surface area is 182 Å². The van der Waals surface area contributed by atoms with E-state index in [-0.39, 0.29) is 6.42 Å². The minimum atomic E-state index is -0.784. The summed E-state index contributed by atoms with van der Waals surface area (Å²) < 4.78 is 5.85. The molecular weight excluding hydrogens is 392 g/mol. The van der Waals surface area contributed by atoms with Crippen molar-refractivity contribution in [3.8, 4) is 5.75 Å². The van der Waals surface area contributed by atoms with Gasteiger partial charge in [-0.25, -0.2) is 0 Å². The predicted molar refractivity (Wildman–Crippen MR) is 121 cm³/mol. The van der Waals surface area contributed by atoms with Gasteiger partial charge in [-0.15, -0.1) is 0 Å². The Balaban J connectivity index is 1.59. The number of hydrogen-bond donors (Lipinski definition) is 3. The summed E-state index contributed by atoms with van der Waals surface area (Å²) in [4.78, 5) is 15.7. The number of anilines is 1. The molecule has 3 rings (SSSR count). The molecule has 0 radical (unpaired) electrons. The van der Waals surface area contributed by atoms with Crippen molar-refractivity contribution in [2.75, 3.05) is 12.4 Å². The van der Waals surface area contributed by atoms with Gasteiger partial charge in [0.1, 0.15) is 17.7 Å². The van der Waals surface area contributed by atoms with Gasteiger partial charge in [0.25, 0.3) is 0 Å². The van der Waals surface area contributed by atoms with E-state index in [4.69, 9.17) is 14.7 Å². The van der Waals surface area contributed by atoms with E-state index in [0.717, 1.165) is 33.8 Å².